The molecule has 2 nitrogen and oxygen atoms in total. The van der Waals surface area contributed by atoms with Crippen molar-refractivity contribution in [3.8, 4) is 0 Å². The second-order valence-electron chi connectivity index (χ2n) is 4.82. The lowest BCUT2D eigenvalue weighted by Gasteiger charge is -2.29. The summed E-state index contributed by atoms with van der Waals surface area (Å²) in [7, 11) is 1.95. The highest BCUT2D eigenvalue weighted by Gasteiger charge is 2.22. The van der Waals surface area contributed by atoms with Crippen LogP contribution in [0.15, 0.2) is 42.5 Å². The Kier molecular flexibility index (Phi) is 3.45. The maximum atomic E-state index is 6.16. The summed E-state index contributed by atoms with van der Waals surface area (Å²) < 4.78 is 0. The summed E-state index contributed by atoms with van der Waals surface area (Å²) in [5, 5.41) is 7.62. The third kappa shape index (κ3) is 2.34. The first-order valence-electron chi connectivity index (χ1n) is 6.58. The average molecular weight is 273 g/mol. The van der Waals surface area contributed by atoms with E-state index in [1.54, 1.807) is 0 Å². The van der Waals surface area contributed by atoms with E-state index >= 15 is 0 Å². The Labute approximate surface area is 118 Å². The second kappa shape index (κ2) is 5.24. The molecule has 3 rings (SSSR count). The molecule has 0 aliphatic carbocycles. The Morgan fingerprint density at radius 3 is 2.84 bits per heavy atom. The third-order valence-electron chi connectivity index (χ3n) is 3.70. The lowest BCUT2D eigenvalue weighted by molar-refractivity contribution is 0.569. The van der Waals surface area contributed by atoms with Gasteiger partial charge in [-0.15, -0.1) is 0 Å². The molecule has 0 radical (unpaired) electrons. The fourth-order valence-electron chi connectivity index (χ4n) is 2.78. The highest BCUT2D eigenvalue weighted by Crippen LogP contribution is 2.34. The number of halogens is 1. The van der Waals surface area contributed by atoms with Crippen molar-refractivity contribution in [2.45, 2.75) is 12.5 Å². The molecule has 0 saturated heterocycles. The van der Waals surface area contributed by atoms with Crippen molar-refractivity contribution in [3.05, 3.63) is 64.2 Å². The van der Waals surface area contributed by atoms with E-state index in [9.17, 15) is 0 Å². The first-order chi connectivity index (χ1) is 9.29. The van der Waals surface area contributed by atoms with E-state index in [0.717, 1.165) is 23.7 Å². The van der Waals surface area contributed by atoms with Crippen LogP contribution in [-0.4, -0.2) is 13.6 Å². The average Bonchev–Trinajstić information content (AvgIpc) is 2.46. The summed E-state index contributed by atoms with van der Waals surface area (Å²) in [6.45, 7) is 0.997. The van der Waals surface area contributed by atoms with E-state index in [1.165, 1.54) is 16.7 Å². The zero-order chi connectivity index (χ0) is 13.2. The smallest absolute Gasteiger partial charge is 0.0600 e. The van der Waals surface area contributed by atoms with Crippen LogP contribution in [0.2, 0.25) is 5.02 Å². The summed E-state index contributed by atoms with van der Waals surface area (Å²) in [6.07, 6.45) is 1.09. The molecule has 1 atom stereocenters. The van der Waals surface area contributed by atoms with Crippen LogP contribution in [0.4, 0.5) is 5.69 Å². The molecule has 0 saturated carbocycles. The van der Waals surface area contributed by atoms with Crippen molar-refractivity contribution in [3.63, 3.8) is 0 Å². The molecule has 2 aromatic rings. The first-order valence-corrected chi connectivity index (χ1v) is 6.96. The van der Waals surface area contributed by atoms with E-state index < -0.39 is 0 Å². The minimum atomic E-state index is 0.214. The van der Waals surface area contributed by atoms with Gasteiger partial charge in [0.2, 0.25) is 0 Å². The number of benzene rings is 2. The first kappa shape index (κ1) is 12.5. The summed E-state index contributed by atoms with van der Waals surface area (Å²) in [6, 6.07) is 14.8. The van der Waals surface area contributed by atoms with Crippen molar-refractivity contribution in [1.82, 2.24) is 5.32 Å². The lowest BCUT2D eigenvalue weighted by atomic mass is 9.89. The zero-order valence-electron chi connectivity index (χ0n) is 10.9. The van der Waals surface area contributed by atoms with Crippen molar-refractivity contribution in [2.75, 3.05) is 18.9 Å². The van der Waals surface area contributed by atoms with E-state index in [2.05, 4.69) is 34.9 Å². The van der Waals surface area contributed by atoms with Gasteiger partial charge in [-0.1, -0.05) is 35.9 Å². The molecule has 98 valence electrons. The van der Waals surface area contributed by atoms with Crippen molar-refractivity contribution in [1.29, 1.82) is 0 Å². The summed E-state index contributed by atoms with van der Waals surface area (Å²) in [5.74, 6) is 0. The van der Waals surface area contributed by atoms with Crippen molar-refractivity contribution >= 4 is 17.3 Å². The molecule has 0 fully saturated rings. The van der Waals surface area contributed by atoms with Crippen LogP contribution in [-0.2, 0) is 6.42 Å². The summed E-state index contributed by atoms with van der Waals surface area (Å²) in [4.78, 5) is 0. The molecule has 0 spiro atoms. The number of fused-ring (bicyclic) bond motifs is 1. The normalized spacial score (nSPS) is 17.9. The van der Waals surface area contributed by atoms with E-state index in [1.807, 2.05) is 25.2 Å². The molecule has 1 aliphatic rings. The van der Waals surface area contributed by atoms with Gasteiger partial charge in [0.05, 0.1) is 6.04 Å². The zero-order valence-corrected chi connectivity index (χ0v) is 11.7. The van der Waals surface area contributed by atoms with E-state index in [0.29, 0.717) is 0 Å². The van der Waals surface area contributed by atoms with Crippen LogP contribution in [0, 0.1) is 0 Å². The molecule has 0 amide bonds. The number of rotatable bonds is 2. The van der Waals surface area contributed by atoms with Gasteiger partial charge in [-0.3, -0.25) is 0 Å². The Morgan fingerprint density at radius 1 is 1.16 bits per heavy atom. The van der Waals surface area contributed by atoms with Gasteiger partial charge in [-0.05, 0) is 41.3 Å². The topological polar surface area (TPSA) is 24.1 Å². The van der Waals surface area contributed by atoms with Crippen LogP contribution in [0.1, 0.15) is 22.7 Å². The van der Waals surface area contributed by atoms with Gasteiger partial charge in [-0.25, -0.2) is 0 Å². The fourth-order valence-corrected chi connectivity index (χ4v) is 2.96. The van der Waals surface area contributed by atoms with Crippen molar-refractivity contribution in [2.24, 2.45) is 0 Å². The monoisotopic (exact) mass is 272 g/mol. The number of nitrogens with one attached hydrogen (secondary N) is 2. The van der Waals surface area contributed by atoms with Gasteiger partial charge >= 0.3 is 0 Å². The highest BCUT2D eigenvalue weighted by molar-refractivity contribution is 6.30. The van der Waals surface area contributed by atoms with Gasteiger partial charge < -0.3 is 10.6 Å². The number of hydrogen-bond donors (Lipinski definition) is 2. The molecule has 1 heterocycles. The highest BCUT2D eigenvalue weighted by atomic mass is 35.5. The molecule has 3 heteroatoms. The fraction of sp³-hybridized carbons (Fsp3) is 0.250. The van der Waals surface area contributed by atoms with Crippen LogP contribution in [0.3, 0.4) is 0 Å². The summed E-state index contributed by atoms with van der Waals surface area (Å²) >= 11 is 6.16. The van der Waals surface area contributed by atoms with Gasteiger partial charge in [0, 0.05) is 24.3 Å². The standard InChI is InChI=1S/C16H17ClN2/c1-18-15-7-6-12(17)10-14(15)16-13-5-3-2-4-11(13)8-9-19-16/h2-7,10,16,18-19H,8-9H2,1H3. The van der Waals surface area contributed by atoms with Gasteiger partial charge in [-0.2, -0.15) is 0 Å². The minimum absolute atomic E-state index is 0.214. The quantitative estimate of drug-likeness (QED) is 0.873. The van der Waals surface area contributed by atoms with Crippen LogP contribution >= 0.6 is 11.6 Å². The maximum absolute atomic E-state index is 6.16. The Hall–Kier alpha value is -1.51. The van der Waals surface area contributed by atoms with Crippen molar-refractivity contribution < 1.29 is 0 Å². The Morgan fingerprint density at radius 2 is 2.00 bits per heavy atom. The molecule has 2 N–H and O–H groups in total. The van der Waals surface area contributed by atoms with E-state index in [4.69, 9.17) is 11.6 Å². The predicted octanol–water partition coefficient (Wildman–Crippen LogP) is 3.62. The molecule has 1 aliphatic heterocycles. The van der Waals surface area contributed by atoms with Crippen LogP contribution in [0.5, 0.6) is 0 Å². The summed E-state index contributed by atoms with van der Waals surface area (Å²) in [5.41, 5.74) is 5.11. The molecule has 2 aromatic carbocycles. The van der Waals surface area contributed by atoms with Gasteiger partial charge in [0.25, 0.3) is 0 Å². The molecule has 0 bridgehead atoms. The second-order valence-corrected chi connectivity index (χ2v) is 5.25. The number of hydrogen-bond acceptors (Lipinski definition) is 2. The number of anilines is 1. The molecule has 1 unspecified atom stereocenters. The largest absolute Gasteiger partial charge is 0.388 e. The van der Waals surface area contributed by atoms with Gasteiger partial charge in [0.15, 0.2) is 0 Å². The minimum Gasteiger partial charge on any atom is -0.388 e. The Bertz CT molecular complexity index is 595. The molecular weight excluding hydrogens is 256 g/mol. The molecular formula is C16H17ClN2. The molecule has 19 heavy (non-hydrogen) atoms. The predicted molar refractivity (Wildman–Crippen MR) is 81.0 cm³/mol. The van der Waals surface area contributed by atoms with E-state index in [-0.39, 0.29) is 6.04 Å². The molecule has 0 aromatic heterocycles. The van der Waals surface area contributed by atoms with Crippen LogP contribution < -0.4 is 10.6 Å². The lowest BCUT2D eigenvalue weighted by Crippen LogP contribution is -2.31. The van der Waals surface area contributed by atoms with Gasteiger partial charge in [0.1, 0.15) is 0 Å². The SMILES string of the molecule is CNc1ccc(Cl)cc1C1NCCc2ccccc21. The Balaban J connectivity index is 2.11. The maximum Gasteiger partial charge on any atom is 0.0600 e. The third-order valence-corrected chi connectivity index (χ3v) is 3.94. The van der Waals surface area contributed by atoms with Crippen LogP contribution in [0.25, 0.3) is 0 Å².